The zero-order chi connectivity index (χ0) is 18.1. The zero-order valence-electron chi connectivity index (χ0n) is 16.1. The summed E-state index contributed by atoms with van der Waals surface area (Å²) >= 11 is 0. The molecule has 0 unspecified atom stereocenters. The van der Waals surface area contributed by atoms with Gasteiger partial charge in [-0.3, -0.25) is 4.99 Å². The van der Waals surface area contributed by atoms with Crippen molar-refractivity contribution in [2.75, 3.05) is 60.5 Å². The van der Waals surface area contributed by atoms with Crippen molar-refractivity contribution < 1.29 is 4.74 Å². The van der Waals surface area contributed by atoms with Crippen LogP contribution in [0.5, 0.6) is 5.75 Å². The molecule has 0 radical (unpaired) electrons. The van der Waals surface area contributed by atoms with Crippen LogP contribution in [-0.4, -0.2) is 76.2 Å². The molecule has 1 fully saturated rings. The predicted octanol–water partition coefficient (Wildman–Crippen LogP) is 1.31. The summed E-state index contributed by atoms with van der Waals surface area (Å²) in [7, 11) is 5.72. The van der Waals surface area contributed by atoms with E-state index in [4.69, 9.17) is 4.74 Å². The number of nitrogens with zero attached hydrogens (tertiary/aromatic N) is 3. The molecule has 0 bridgehead atoms. The number of aryl methyl sites for hydroxylation is 1. The van der Waals surface area contributed by atoms with Crippen molar-refractivity contribution in [2.24, 2.45) is 4.99 Å². The average Bonchev–Trinajstić information content (AvgIpc) is 2.83. The van der Waals surface area contributed by atoms with Crippen LogP contribution in [-0.2, 0) is 6.54 Å². The molecule has 0 aliphatic carbocycles. The second-order valence-electron chi connectivity index (χ2n) is 6.67. The molecule has 1 saturated heterocycles. The molecule has 0 saturated carbocycles. The third-order valence-corrected chi connectivity index (χ3v) is 4.65. The van der Waals surface area contributed by atoms with Crippen molar-refractivity contribution in [3.05, 3.63) is 29.3 Å². The van der Waals surface area contributed by atoms with Gasteiger partial charge >= 0.3 is 0 Å². The molecule has 2 N–H and O–H groups in total. The molecule has 0 spiro atoms. The Hall–Kier alpha value is -1.79. The van der Waals surface area contributed by atoms with Gasteiger partial charge in [0.2, 0.25) is 0 Å². The minimum atomic E-state index is 0.692. The highest BCUT2D eigenvalue weighted by Gasteiger charge is 2.11. The van der Waals surface area contributed by atoms with E-state index >= 15 is 0 Å². The molecule has 6 nitrogen and oxygen atoms in total. The molecule has 1 heterocycles. The van der Waals surface area contributed by atoms with Crippen LogP contribution in [0, 0.1) is 6.92 Å². The second kappa shape index (κ2) is 10.3. The van der Waals surface area contributed by atoms with E-state index in [1.54, 1.807) is 7.11 Å². The van der Waals surface area contributed by atoms with Gasteiger partial charge in [0, 0.05) is 45.3 Å². The smallest absolute Gasteiger partial charge is 0.191 e. The molecule has 1 aliphatic heterocycles. The summed E-state index contributed by atoms with van der Waals surface area (Å²) in [6.07, 6.45) is 1.25. The number of guanidine groups is 1. The maximum atomic E-state index is 5.46. The van der Waals surface area contributed by atoms with Gasteiger partial charge in [0.15, 0.2) is 5.96 Å². The lowest BCUT2D eigenvalue weighted by Gasteiger charge is -2.21. The average molecular weight is 348 g/mol. The van der Waals surface area contributed by atoms with Gasteiger partial charge in [-0.15, -0.1) is 0 Å². The van der Waals surface area contributed by atoms with Crippen LogP contribution in [0.25, 0.3) is 0 Å². The molecule has 6 heteroatoms. The van der Waals surface area contributed by atoms with Crippen LogP contribution in [0.2, 0.25) is 0 Å². The Morgan fingerprint density at radius 2 is 2.04 bits per heavy atom. The highest BCUT2D eigenvalue weighted by Crippen LogP contribution is 2.19. The van der Waals surface area contributed by atoms with Crippen LogP contribution in [0.15, 0.2) is 23.2 Å². The number of ether oxygens (including phenoxy) is 1. The summed E-state index contributed by atoms with van der Waals surface area (Å²) in [5.41, 5.74) is 2.33. The molecule has 0 amide bonds. The second-order valence-corrected chi connectivity index (χ2v) is 6.67. The summed E-state index contributed by atoms with van der Waals surface area (Å²) in [6, 6.07) is 6.26. The van der Waals surface area contributed by atoms with Gasteiger partial charge in [-0.2, -0.15) is 0 Å². The standard InChI is InChI=1S/C19H33N5O/c1-16-6-7-17(18(14-16)25-4)15-22-19(20-2)21-8-11-24-10-5-9-23(3)12-13-24/h6-7,14H,5,8-13,15H2,1-4H3,(H2,20,21,22). The Labute approximate surface area is 152 Å². The lowest BCUT2D eigenvalue weighted by atomic mass is 10.1. The van der Waals surface area contributed by atoms with Crippen molar-refractivity contribution >= 4 is 5.96 Å². The van der Waals surface area contributed by atoms with E-state index in [9.17, 15) is 0 Å². The van der Waals surface area contributed by atoms with Gasteiger partial charge in [-0.05, 0) is 45.1 Å². The first-order valence-electron chi connectivity index (χ1n) is 9.11. The van der Waals surface area contributed by atoms with Gasteiger partial charge in [-0.1, -0.05) is 12.1 Å². The summed E-state index contributed by atoms with van der Waals surface area (Å²) < 4.78 is 5.46. The zero-order valence-corrected chi connectivity index (χ0v) is 16.1. The Morgan fingerprint density at radius 3 is 2.80 bits per heavy atom. The summed E-state index contributed by atoms with van der Waals surface area (Å²) in [5, 5.41) is 6.78. The molecule has 2 rings (SSSR count). The summed E-state index contributed by atoms with van der Waals surface area (Å²) in [5.74, 6) is 1.74. The fraction of sp³-hybridized carbons (Fsp3) is 0.632. The SMILES string of the molecule is CN=C(NCCN1CCCN(C)CC1)NCc1ccc(C)cc1OC. The Morgan fingerprint density at radius 1 is 1.20 bits per heavy atom. The molecule has 1 aromatic rings. The number of aliphatic imine (C=N–C) groups is 1. The number of nitrogens with one attached hydrogen (secondary N) is 2. The molecular formula is C19H33N5O. The fourth-order valence-corrected chi connectivity index (χ4v) is 3.05. The van der Waals surface area contributed by atoms with Crippen molar-refractivity contribution in [1.82, 2.24) is 20.4 Å². The van der Waals surface area contributed by atoms with Crippen LogP contribution in [0.3, 0.4) is 0 Å². The first-order chi connectivity index (χ1) is 12.1. The highest BCUT2D eigenvalue weighted by atomic mass is 16.5. The van der Waals surface area contributed by atoms with Crippen molar-refractivity contribution in [3.63, 3.8) is 0 Å². The van der Waals surface area contributed by atoms with E-state index in [1.165, 1.54) is 25.1 Å². The quantitative estimate of drug-likeness (QED) is 0.600. The molecule has 25 heavy (non-hydrogen) atoms. The number of methoxy groups -OCH3 is 1. The first-order valence-corrected chi connectivity index (χ1v) is 9.11. The Bertz CT molecular complexity index is 561. The van der Waals surface area contributed by atoms with Gasteiger partial charge < -0.3 is 25.2 Å². The lowest BCUT2D eigenvalue weighted by molar-refractivity contribution is 0.280. The van der Waals surface area contributed by atoms with E-state index in [1.807, 2.05) is 7.05 Å². The lowest BCUT2D eigenvalue weighted by Crippen LogP contribution is -2.42. The van der Waals surface area contributed by atoms with Crippen LogP contribution < -0.4 is 15.4 Å². The Balaban J connectivity index is 1.75. The minimum absolute atomic E-state index is 0.692. The molecule has 140 valence electrons. The Kier molecular flexibility index (Phi) is 8.01. The van der Waals surface area contributed by atoms with E-state index in [2.05, 4.69) is 57.6 Å². The maximum Gasteiger partial charge on any atom is 0.191 e. The van der Waals surface area contributed by atoms with Crippen molar-refractivity contribution in [1.29, 1.82) is 0 Å². The molecular weight excluding hydrogens is 314 g/mol. The van der Waals surface area contributed by atoms with Crippen molar-refractivity contribution in [3.8, 4) is 5.75 Å². The topological polar surface area (TPSA) is 52.1 Å². The van der Waals surface area contributed by atoms with Crippen LogP contribution in [0.4, 0.5) is 0 Å². The van der Waals surface area contributed by atoms with Crippen LogP contribution in [0.1, 0.15) is 17.5 Å². The molecule has 0 atom stereocenters. The number of benzene rings is 1. The van der Waals surface area contributed by atoms with E-state index in [0.29, 0.717) is 6.54 Å². The van der Waals surface area contributed by atoms with Gasteiger partial charge in [0.05, 0.1) is 7.11 Å². The van der Waals surface area contributed by atoms with Gasteiger partial charge in [-0.25, -0.2) is 0 Å². The van der Waals surface area contributed by atoms with Crippen LogP contribution >= 0.6 is 0 Å². The summed E-state index contributed by atoms with van der Waals surface area (Å²) in [6.45, 7) is 9.38. The third-order valence-electron chi connectivity index (χ3n) is 4.65. The maximum absolute atomic E-state index is 5.46. The van der Waals surface area contributed by atoms with Gasteiger partial charge in [0.25, 0.3) is 0 Å². The highest BCUT2D eigenvalue weighted by molar-refractivity contribution is 5.79. The van der Waals surface area contributed by atoms with Gasteiger partial charge in [0.1, 0.15) is 5.75 Å². The van der Waals surface area contributed by atoms with E-state index in [0.717, 1.165) is 43.5 Å². The largest absolute Gasteiger partial charge is 0.496 e. The minimum Gasteiger partial charge on any atom is -0.496 e. The van der Waals surface area contributed by atoms with E-state index < -0.39 is 0 Å². The van der Waals surface area contributed by atoms with Crippen molar-refractivity contribution in [2.45, 2.75) is 19.9 Å². The fourth-order valence-electron chi connectivity index (χ4n) is 3.05. The molecule has 1 aliphatic rings. The molecule has 0 aromatic heterocycles. The number of rotatable bonds is 6. The molecule has 1 aromatic carbocycles. The third kappa shape index (κ3) is 6.55. The number of hydrogen-bond donors (Lipinski definition) is 2. The predicted molar refractivity (Wildman–Crippen MR) is 104 cm³/mol. The number of hydrogen-bond acceptors (Lipinski definition) is 4. The van der Waals surface area contributed by atoms with E-state index in [-0.39, 0.29) is 0 Å². The number of likely N-dealkylation sites (N-methyl/N-ethyl adjacent to an activating group) is 1. The first kappa shape index (κ1) is 19.5. The summed E-state index contributed by atoms with van der Waals surface area (Å²) in [4.78, 5) is 9.24. The monoisotopic (exact) mass is 347 g/mol. The normalized spacial score (nSPS) is 17.2.